The maximum atomic E-state index is 13.7. The van der Waals surface area contributed by atoms with Gasteiger partial charge in [-0.25, -0.2) is 9.40 Å². The quantitative estimate of drug-likeness (QED) is 0.543. The number of morpholine rings is 1. The summed E-state index contributed by atoms with van der Waals surface area (Å²) in [6, 6.07) is 11.3. The second-order valence-corrected chi connectivity index (χ2v) is 9.25. The summed E-state index contributed by atoms with van der Waals surface area (Å²) in [4.78, 5) is 30.2. The number of ether oxygens (including phenoxy) is 3. The highest BCUT2D eigenvalue weighted by Crippen LogP contribution is 2.39. The average Bonchev–Trinajstić information content (AvgIpc) is 3.58. The standard InChI is InChI=1S/C27H31FN4O5/c1-2-26(33)31(10-9-30-11-13-35-14-12-30)17-27(34)32-23(20-5-8-24-25(15-20)37-18-36-24)16-22(29-32)19-3-6-21(28)7-4-19/h3-8,15,23H,2,9-14,16-18H2,1H3. The molecule has 0 saturated carbocycles. The molecule has 9 nitrogen and oxygen atoms in total. The topological polar surface area (TPSA) is 83.9 Å². The second kappa shape index (κ2) is 11.3. The van der Waals surface area contributed by atoms with Gasteiger partial charge in [-0.1, -0.05) is 25.1 Å². The zero-order valence-corrected chi connectivity index (χ0v) is 20.9. The van der Waals surface area contributed by atoms with Crippen LogP contribution in [0.2, 0.25) is 0 Å². The zero-order chi connectivity index (χ0) is 25.8. The highest BCUT2D eigenvalue weighted by atomic mass is 19.1. The molecule has 0 radical (unpaired) electrons. The van der Waals surface area contributed by atoms with Gasteiger partial charge < -0.3 is 19.1 Å². The van der Waals surface area contributed by atoms with Gasteiger partial charge >= 0.3 is 0 Å². The molecule has 1 saturated heterocycles. The lowest BCUT2D eigenvalue weighted by Crippen LogP contribution is -2.46. The summed E-state index contributed by atoms with van der Waals surface area (Å²) in [6.07, 6.45) is 0.762. The first kappa shape index (κ1) is 25.2. The lowest BCUT2D eigenvalue weighted by molar-refractivity contribution is -0.141. The monoisotopic (exact) mass is 510 g/mol. The number of fused-ring (bicyclic) bond motifs is 1. The summed E-state index contributed by atoms with van der Waals surface area (Å²) in [5, 5.41) is 6.13. The lowest BCUT2D eigenvalue weighted by Gasteiger charge is -2.31. The van der Waals surface area contributed by atoms with Crippen LogP contribution < -0.4 is 9.47 Å². The van der Waals surface area contributed by atoms with E-state index in [4.69, 9.17) is 14.2 Å². The lowest BCUT2D eigenvalue weighted by atomic mass is 9.98. The number of hydrogen-bond acceptors (Lipinski definition) is 7. The maximum Gasteiger partial charge on any atom is 0.262 e. The van der Waals surface area contributed by atoms with Gasteiger partial charge in [0.25, 0.3) is 5.91 Å². The Labute approximate surface area is 215 Å². The van der Waals surface area contributed by atoms with E-state index < -0.39 is 0 Å². The van der Waals surface area contributed by atoms with E-state index in [9.17, 15) is 14.0 Å². The fourth-order valence-electron chi connectivity index (χ4n) is 4.78. The molecule has 2 amide bonds. The summed E-state index contributed by atoms with van der Waals surface area (Å²) in [5.74, 6) is 0.582. The van der Waals surface area contributed by atoms with Crippen LogP contribution in [-0.2, 0) is 14.3 Å². The Morgan fingerprint density at radius 3 is 2.59 bits per heavy atom. The van der Waals surface area contributed by atoms with Gasteiger partial charge in [0.1, 0.15) is 12.4 Å². The highest BCUT2D eigenvalue weighted by molar-refractivity contribution is 6.03. The zero-order valence-electron chi connectivity index (χ0n) is 20.9. The van der Waals surface area contributed by atoms with E-state index in [1.807, 2.05) is 18.2 Å². The van der Waals surface area contributed by atoms with Crippen molar-refractivity contribution in [1.29, 1.82) is 0 Å². The summed E-state index contributed by atoms with van der Waals surface area (Å²) in [6.45, 7) is 5.98. The molecule has 0 bridgehead atoms. The van der Waals surface area contributed by atoms with E-state index in [1.54, 1.807) is 24.0 Å². The molecule has 1 atom stereocenters. The first-order chi connectivity index (χ1) is 18.0. The Balaban J connectivity index is 1.37. The molecule has 1 fully saturated rings. The highest BCUT2D eigenvalue weighted by Gasteiger charge is 2.35. The van der Waals surface area contributed by atoms with Crippen LogP contribution in [-0.4, -0.2) is 85.1 Å². The second-order valence-electron chi connectivity index (χ2n) is 9.25. The molecule has 1 unspecified atom stereocenters. The van der Waals surface area contributed by atoms with Crippen molar-refractivity contribution in [2.75, 3.05) is 52.7 Å². The van der Waals surface area contributed by atoms with Crippen LogP contribution in [0.1, 0.15) is 36.9 Å². The Kier molecular flexibility index (Phi) is 7.66. The van der Waals surface area contributed by atoms with Crippen LogP contribution in [0, 0.1) is 5.82 Å². The van der Waals surface area contributed by atoms with Crippen molar-refractivity contribution in [2.24, 2.45) is 5.10 Å². The van der Waals surface area contributed by atoms with Crippen LogP contribution >= 0.6 is 0 Å². The maximum absolute atomic E-state index is 13.7. The first-order valence-electron chi connectivity index (χ1n) is 12.6. The molecule has 3 heterocycles. The minimum atomic E-state index is -0.389. The Morgan fingerprint density at radius 2 is 1.84 bits per heavy atom. The van der Waals surface area contributed by atoms with Crippen molar-refractivity contribution in [3.05, 3.63) is 59.4 Å². The smallest absolute Gasteiger partial charge is 0.262 e. The molecule has 3 aliphatic rings. The van der Waals surface area contributed by atoms with Crippen molar-refractivity contribution in [3.8, 4) is 11.5 Å². The molecule has 0 spiro atoms. The fraction of sp³-hybridized carbons (Fsp3) is 0.444. The molecular formula is C27H31FN4O5. The van der Waals surface area contributed by atoms with Gasteiger partial charge in [0.15, 0.2) is 11.5 Å². The van der Waals surface area contributed by atoms with Crippen molar-refractivity contribution in [2.45, 2.75) is 25.8 Å². The average molecular weight is 511 g/mol. The predicted molar refractivity (Wildman–Crippen MR) is 134 cm³/mol. The van der Waals surface area contributed by atoms with Gasteiger partial charge in [-0.3, -0.25) is 14.5 Å². The minimum Gasteiger partial charge on any atom is -0.454 e. The molecule has 2 aromatic carbocycles. The normalized spacial score (nSPS) is 19.1. The van der Waals surface area contributed by atoms with Crippen LogP contribution in [0.5, 0.6) is 11.5 Å². The van der Waals surface area contributed by atoms with Gasteiger partial charge in [-0.05, 0) is 35.4 Å². The molecule has 10 heteroatoms. The summed E-state index contributed by atoms with van der Waals surface area (Å²) < 4.78 is 29.9. The van der Waals surface area contributed by atoms with E-state index in [1.165, 1.54) is 17.1 Å². The predicted octanol–water partition coefficient (Wildman–Crippen LogP) is 2.80. The largest absolute Gasteiger partial charge is 0.454 e. The number of hydrogen-bond donors (Lipinski definition) is 0. The number of carbonyl (C=O) groups is 2. The van der Waals surface area contributed by atoms with Gasteiger partial charge in [0.2, 0.25) is 12.7 Å². The van der Waals surface area contributed by atoms with E-state index in [2.05, 4.69) is 10.0 Å². The number of rotatable bonds is 8. The fourth-order valence-corrected chi connectivity index (χ4v) is 4.78. The first-order valence-corrected chi connectivity index (χ1v) is 12.6. The molecular weight excluding hydrogens is 479 g/mol. The van der Waals surface area contributed by atoms with Crippen LogP contribution in [0.25, 0.3) is 0 Å². The molecule has 0 aromatic heterocycles. The molecule has 37 heavy (non-hydrogen) atoms. The molecule has 196 valence electrons. The Bertz CT molecular complexity index is 1170. The number of carbonyl (C=O) groups excluding carboxylic acids is 2. The van der Waals surface area contributed by atoms with Gasteiger partial charge in [0.05, 0.1) is 25.0 Å². The summed E-state index contributed by atoms with van der Waals surface area (Å²) in [7, 11) is 0. The minimum absolute atomic E-state index is 0.0712. The van der Waals surface area contributed by atoms with Crippen LogP contribution in [0.4, 0.5) is 4.39 Å². The third kappa shape index (κ3) is 5.75. The number of benzene rings is 2. The Morgan fingerprint density at radius 1 is 1.08 bits per heavy atom. The summed E-state index contributed by atoms with van der Waals surface area (Å²) in [5.41, 5.74) is 2.27. The SMILES string of the molecule is CCC(=O)N(CCN1CCOCC1)CC(=O)N1N=C(c2ccc(F)cc2)CC1c1ccc2c(c1)OCO2. The van der Waals surface area contributed by atoms with Crippen molar-refractivity contribution in [3.63, 3.8) is 0 Å². The van der Waals surface area contributed by atoms with Crippen molar-refractivity contribution in [1.82, 2.24) is 14.8 Å². The van der Waals surface area contributed by atoms with Crippen molar-refractivity contribution >= 4 is 17.5 Å². The van der Waals surface area contributed by atoms with Gasteiger partial charge in [-0.15, -0.1) is 0 Å². The van der Waals surface area contributed by atoms with Crippen molar-refractivity contribution < 1.29 is 28.2 Å². The van der Waals surface area contributed by atoms with Gasteiger partial charge in [-0.2, -0.15) is 5.10 Å². The third-order valence-corrected chi connectivity index (χ3v) is 6.90. The van der Waals surface area contributed by atoms with E-state index in [-0.39, 0.29) is 37.0 Å². The number of halogens is 1. The van der Waals surface area contributed by atoms with E-state index >= 15 is 0 Å². The summed E-state index contributed by atoms with van der Waals surface area (Å²) >= 11 is 0. The van der Waals surface area contributed by atoms with Crippen LogP contribution in [0.15, 0.2) is 47.6 Å². The third-order valence-electron chi connectivity index (χ3n) is 6.90. The molecule has 0 N–H and O–H groups in total. The number of hydrazone groups is 1. The van der Waals surface area contributed by atoms with Crippen LogP contribution in [0.3, 0.4) is 0 Å². The van der Waals surface area contributed by atoms with Gasteiger partial charge in [0, 0.05) is 39.0 Å². The Hall–Kier alpha value is -3.50. The molecule has 2 aromatic rings. The van der Waals surface area contributed by atoms with E-state index in [0.29, 0.717) is 56.4 Å². The molecule has 5 rings (SSSR count). The molecule has 3 aliphatic heterocycles. The van der Waals surface area contributed by atoms with E-state index in [0.717, 1.165) is 24.2 Å². The number of amides is 2. The molecule has 0 aliphatic carbocycles. The number of nitrogens with zero attached hydrogens (tertiary/aromatic N) is 4.